The number of ether oxygens (including phenoxy) is 2. The van der Waals surface area contributed by atoms with Crippen LogP contribution >= 0.6 is 0 Å². The molecule has 0 saturated carbocycles. The number of alkyl halides is 3. The summed E-state index contributed by atoms with van der Waals surface area (Å²) in [6.45, 7) is 0.805. The molecule has 0 spiro atoms. The van der Waals surface area contributed by atoms with Gasteiger partial charge in [0.15, 0.2) is 11.6 Å². The van der Waals surface area contributed by atoms with E-state index in [4.69, 9.17) is 4.74 Å². The summed E-state index contributed by atoms with van der Waals surface area (Å²) >= 11 is 0. The van der Waals surface area contributed by atoms with Gasteiger partial charge in [-0.05, 0) is 17.7 Å². The Hall–Kier alpha value is -1.83. The smallest absolute Gasteiger partial charge is 0.403 e. The third-order valence-corrected chi connectivity index (χ3v) is 2.87. The fourth-order valence-corrected chi connectivity index (χ4v) is 1.96. The molecule has 0 radical (unpaired) electrons. The van der Waals surface area contributed by atoms with Crippen molar-refractivity contribution < 1.29 is 31.8 Å². The van der Waals surface area contributed by atoms with Gasteiger partial charge in [-0.1, -0.05) is 6.07 Å². The van der Waals surface area contributed by atoms with Crippen molar-refractivity contribution in [1.82, 2.24) is 4.90 Å². The molecular formula is C12H11F4NO3. The van der Waals surface area contributed by atoms with E-state index in [2.05, 4.69) is 4.74 Å². The highest BCUT2D eigenvalue weighted by Crippen LogP contribution is 2.31. The normalized spacial score (nSPS) is 19.8. The Morgan fingerprint density at radius 2 is 2.15 bits per heavy atom. The van der Waals surface area contributed by atoms with Crippen LogP contribution in [0.3, 0.4) is 0 Å². The number of hydrogen-bond donors (Lipinski definition) is 0. The third-order valence-electron chi connectivity index (χ3n) is 2.87. The van der Waals surface area contributed by atoms with E-state index in [-0.39, 0.29) is 6.61 Å². The summed E-state index contributed by atoms with van der Waals surface area (Å²) in [6.07, 6.45) is -4.40. The van der Waals surface area contributed by atoms with Crippen LogP contribution in [0.1, 0.15) is 11.6 Å². The molecular weight excluding hydrogens is 282 g/mol. The highest BCUT2D eigenvalue weighted by Gasteiger charge is 2.33. The maximum atomic E-state index is 13.3. The Morgan fingerprint density at radius 1 is 1.40 bits per heavy atom. The maximum absolute atomic E-state index is 13.3. The Bertz CT molecular complexity index is 492. The zero-order chi connectivity index (χ0) is 14.8. The average molecular weight is 293 g/mol. The molecule has 0 bridgehead atoms. The first-order valence-corrected chi connectivity index (χ1v) is 5.74. The zero-order valence-corrected chi connectivity index (χ0v) is 10.2. The lowest BCUT2D eigenvalue weighted by atomic mass is 10.0. The van der Waals surface area contributed by atoms with Gasteiger partial charge in [-0.3, -0.25) is 4.79 Å². The van der Waals surface area contributed by atoms with Crippen LogP contribution in [0.4, 0.5) is 17.6 Å². The number of morpholine rings is 1. The molecule has 1 aromatic carbocycles. The van der Waals surface area contributed by atoms with Crippen LogP contribution in [-0.2, 0) is 9.53 Å². The van der Waals surface area contributed by atoms with Gasteiger partial charge in [0.25, 0.3) is 0 Å². The van der Waals surface area contributed by atoms with Gasteiger partial charge >= 0.3 is 6.36 Å². The molecule has 1 aliphatic heterocycles. The lowest BCUT2D eigenvalue weighted by Gasteiger charge is -2.33. The molecule has 1 atom stereocenters. The van der Waals surface area contributed by atoms with E-state index in [1.807, 2.05) is 0 Å². The predicted octanol–water partition coefficient (Wildman–Crippen LogP) is 2.25. The van der Waals surface area contributed by atoms with Crippen molar-refractivity contribution in [2.75, 3.05) is 19.8 Å². The Kier molecular flexibility index (Phi) is 4.12. The number of carbonyl (C=O) groups is 1. The molecule has 1 amide bonds. The molecule has 1 aromatic rings. The number of carbonyl (C=O) groups excluding carboxylic acids is 1. The lowest BCUT2D eigenvalue weighted by molar-refractivity contribution is -0.275. The van der Waals surface area contributed by atoms with Crippen LogP contribution in [0.25, 0.3) is 0 Å². The molecule has 2 rings (SSSR count). The first kappa shape index (κ1) is 14.6. The topological polar surface area (TPSA) is 38.8 Å². The first-order chi connectivity index (χ1) is 9.40. The molecule has 8 heteroatoms. The quantitative estimate of drug-likeness (QED) is 0.634. The van der Waals surface area contributed by atoms with E-state index in [0.717, 1.165) is 12.1 Å². The molecule has 1 saturated heterocycles. The zero-order valence-electron chi connectivity index (χ0n) is 10.2. The van der Waals surface area contributed by atoms with E-state index < -0.39 is 24.0 Å². The molecule has 4 nitrogen and oxygen atoms in total. The lowest BCUT2D eigenvalue weighted by Crippen LogP contribution is -2.38. The summed E-state index contributed by atoms with van der Waals surface area (Å²) in [5.74, 6) is -2.05. The number of nitrogens with zero attached hydrogens (tertiary/aromatic N) is 1. The highest BCUT2D eigenvalue weighted by atomic mass is 19.4. The SMILES string of the molecule is O=CN1CCOC[C@@H]1c1ccc(F)c(OC(F)(F)F)c1. The van der Waals surface area contributed by atoms with Crippen molar-refractivity contribution in [3.8, 4) is 5.75 Å². The van der Waals surface area contributed by atoms with Crippen molar-refractivity contribution >= 4 is 6.41 Å². The van der Waals surface area contributed by atoms with Gasteiger partial charge in [-0.15, -0.1) is 13.2 Å². The highest BCUT2D eigenvalue weighted by molar-refractivity contribution is 5.49. The first-order valence-electron chi connectivity index (χ1n) is 5.74. The summed E-state index contributed by atoms with van der Waals surface area (Å²) < 4.78 is 58.6. The van der Waals surface area contributed by atoms with Gasteiger partial charge < -0.3 is 14.4 Å². The maximum Gasteiger partial charge on any atom is 0.573 e. The predicted molar refractivity (Wildman–Crippen MR) is 59.4 cm³/mol. The van der Waals surface area contributed by atoms with Crippen LogP contribution in [-0.4, -0.2) is 37.4 Å². The molecule has 0 aliphatic carbocycles. The van der Waals surface area contributed by atoms with Gasteiger partial charge in [-0.25, -0.2) is 4.39 Å². The van der Waals surface area contributed by atoms with Gasteiger partial charge in [0.05, 0.1) is 19.3 Å². The average Bonchev–Trinajstić information content (AvgIpc) is 2.40. The van der Waals surface area contributed by atoms with E-state index in [1.165, 1.54) is 11.0 Å². The minimum absolute atomic E-state index is 0.135. The number of halogens is 4. The fraction of sp³-hybridized carbons (Fsp3) is 0.417. The molecule has 1 fully saturated rings. The summed E-state index contributed by atoms with van der Waals surface area (Å²) in [5.41, 5.74) is 0.317. The van der Waals surface area contributed by atoms with Crippen LogP contribution in [0.15, 0.2) is 18.2 Å². The van der Waals surface area contributed by atoms with Crippen LogP contribution in [0, 0.1) is 5.82 Å². The molecule has 20 heavy (non-hydrogen) atoms. The summed E-state index contributed by atoms with van der Waals surface area (Å²) in [4.78, 5) is 12.3. The Labute approximate surface area is 111 Å². The van der Waals surface area contributed by atoms with Crippen LogP contribution < -0.4 is 4.74 Å². The number of benzene rings is 1. The van der Waals surface area contributed by atoms with Crippen LogP contribution in [0.2, 0.25) is 0 Å². The van der Waals surface area contributed by atoms with Gasteiger partial charge in [-0.2, -0.15) is 0 Å². The van der Waals surface area contributed by atoms with Crippen molar-refractivity contribution in [2.24, 2.45) is 0 Å². The number of rotatable bonds is 3. The largest absolute Gasteiger partial charge is 0.573 e. The van der Waals surface area contributed by atoms with Crippen molar-refractivity contribution in [3.63, 3.8) is 0 Å². The second kappa shape index (κ2) is 5.66. The van der Waals surface area contributed by atoms with E-state index in [9.17, 15) is 22.4 Å². The van der Waals surface area contributed by atoms with E-state index >= 15 is 0 Å². The second-order valence-corrected chi connectivity index (χ2v) is 4.17. The van der Waals surface area contributed by atoms with Gasteiger partial charge in [0.2, 0.25) is 6.41 Å². The van der Waals surface area contributed by atoms with Crippen molar-refractivity contribution in [2.45, 2.75) is 12.4 Å². The van der Waals surface area contributed by atoms with Crippen molar-refractivity contribution in [3.05, 3.63) is 29.6 Å². The number of amides is 1. The Balaban J connectivity index is 2.28. The van der Waals surface area contributed by atoms with Crippen LogP contribution in [0.5, 0.6) is 5.75 Å². The molecule has 110 valence electrons. The van der Waals surface area contributed by atoms with Gasteiger partial charge in [0.1, 0.15) is 0 Å². The number of hydrogen-bond acceptors (Lipinski definition) is 3. The van der Waals surface area contributed by atoms with Crippen molar-refractivity contribution in [1.29, 1.82) is 0 Å². The van der Waals surface area contributed by atoms with E-state index in [0.29, 0.717) is 25.1 Å². The fourth-order valence-electron chi connectivity index (χ4n) is 1.96. The molecule has 0 aromatic heterocycles. The molecule has 1 heterocycles. The molecule has 0 N–H and O–H groups in total. The van der Waals surface area contributed by atoms with E-state index in [1.54, 1.807) is 0 Å². The summed E-state index contributed by atoms with van der Waals surface area (Å²) in [5, 5.41) is 0. The summed E-state index contributed by atoms with van der Waals surface area (Å²) in [7, 11) is 0. The Morgan fingerprint density at radius 3 is 2.80 bits per heavy atom. The third kappa shape index (κ3) is 3.38. The minimum Gasteiger partial charge on any atom is -0.403 e. The molecule has 0 unspecified atom stereocenters. The second-order valence-electron chi connectivity index (χ2n) is 4.17. The standard InChI is InChI=1S/C12H11F4NO3/c13-9-2-1-8(5-11(9)20-12(14,15)16)10-6-19-4-3-17(10)7-18/h1-2,5,7,10H,3-4,6H2/t10-/m1/s1. The minimum atomic E-state index is -4.98. The summed E-state index contributed by atoms with van der Waals surface area (Å²) in [6, 6.07) is 2.54. The van der Waals surface area contributed by atoms with Gasteiger partial charge in [0, 0.05) is 6.54 Å². The monoisotopic (exact) mass is 293 g/mol. The molecule has 1 aliphatic rings.